The van der Waals surface area contributed by atoms with Gasteiger partial charge in [-0.2, -0.15) is 0 Å². The molecule has 0 unspecified atom stereocenters. The van der Waals surface area contributed by atoms with Gasteiger partial charge in [0.15, 0.2) is 0 Å². The Labute approximate surface area is 121 Å². The first-order chi connectivity index (χ1) is 9.61. The van der Waals surface area contributed by atoms with Crippen LogP contribution in [-0.2, 0) is 0 Å². The number of allylic oxidation sites excluding steroid dienone is 4. The minimum absolute atomic E-state index is 1.36. The van der Waals surface area contributed by atoms with E-state index in [2.05, 4.69) is 76.2 Å². The molecule has 0 heteroatoms. The Hall–Kier alpha value is -2.08. The maximum atomic E-state index is 2.24. The Balaban J connectivity index is 2.45. The van der Waals surface area contributed by atoms with Crippen molar-refractivity contribution in [2.24, 2.45) is 0 Å². The van der Waals surface area contributed by atoms with E-state index in [1.807, 2.05) is 0 Å². The van der Waals surface area contributed by atoms with Crippen LogP contribution in [0.2, 0.25) is 0 Å². The summed E-state index contributed by atoms with van der Waals surface area (Å²) in [5, 5.41) is 0. The van der Waals surface area contributed by atoms with Crippen LogP contribution in [0.15, 0.2) is 48.5 Å². The van der Waals surface area contributed by atoms with E-state index in [-0.39, 0.29) is 0 Å². The van der Waals surface area contributed by atoms with Crippen molar-refractivity contribution >= 4 is 22.3 Å². The van der Waals surface area contributed by atoms with Gasteiger partial charge in [-0.15, -0.1) is 0 Å². The van der Waals surface area contributed by atoms with Gasteiger partial charge in [0, 0.05) is 0 Å². The van der Waals surface area contributed by atoms with Crippen LogP contribution in [0.5, 0.6) is 0 Å². The average molecular weight is 260 g/mol. The normalized spacial score (nSPS) is 21.8. The van der Waals surface area contributed by atoms with Gasteiger partial charge in [0.05, 0.1) is 0 Å². The topological polar surface area (TPSA) is 0 Å². The molecule has 0 spiro atoms. The van der Waals surface area contributed by atoms with Crippen molar-refractivity contribution in [3.8, 4) is 0 Å². The quantitative estimate of drug-likeness (QED) is 0.553. The second-order valence-corrected chi connectivity index (χ2v) is 5.59. The summed E-state index contributed by atoms with van der Waals surface area (Å²) in [5.41, 5.74) is 10.9. The van der Waals surface area contributed by atoms with Crippen molar-refractivity contribution in [1.29, 1.82) is 0 Å². The van der Waals surface area contributed by atoms with E-state index in [1.165, 1.54) is 44.5 Å². The van der Waals surface area contributed by atoms with Crippen molar-refractivity contribution in [2.75, 3.05) is 0 Å². The molecule has 0 nitrogen and oxygen atoms in total. The SMILES string of the molecule is C/C1=C(\C)c2ccccc2/C(C)=C(/C)c2ccccc21. The molecule has 100 valence electrons. The predicted molar refractivity (Wildman–Crippen MR) is 89.2 cm³/mol. The molecule has 0 saturated heterocycles. The predicted octanol–water partition coefficient (Wildman–Crippen LogP) is 5.90. The molecule has 0 N–H and O–H groups in total. The van der Waals surface area contributed by atoms with Crippen molar-refractivity contribution < 1.29 is 0 Å². The third-order valence-electron chi connectivity index (χ3n) is 4.60. The van der Waals surface area contributed by atoms with Gasteiger partial charge in [0.25, 0.3) is 0 Å². The summed E-state index contributed by atoms with van der Waals surface area (Å²) >= 11 is 0. The Morgan fingerprint density at radius 1 is 0.400 bits per heavy atom. The van der Waals surface area contributed by atoms with Gasteiger partial charge < -0.3 is 0 Å². The molecule has 2 aromatic rings. The first-order valence-electron chi connectivity index (χ1n) is 7.15. The molecular weight excluding hydrogens is 240 g/mol. The summed E-state index contributed by atoms with van der Waals surface area (Å²) in [7, 11) is 0. The maximum absolute atomic E-state index is 2.24. The van der Waals surface area contributed by atoms with E-state index in [0.29, 0.717) is 0 Å². The van der Waals surface area contributed by atoms with Gasteiger partial charge in [-0.1, -0.05) is 48.5 Å². The summed E-state index contributed by atoms with van der Waals surface area (Å²) in [6.07, 6.45) is 0. The average Bonchev–Trinajstić information content (AvgIpc) is 2.51. The second-order valence-electron chi connectivity index (χ2n) is 5.59. The highest BCUT2D eigenvalue weighted by atomic mass is 14.2. The van der Waals surface area contributed by atoms with Gasteiger partial charge in [0.1, 0.15) is 0 Å². The standard InChI is InChI=1S/C20H20/c1-13-14(2)18-10-7-8-12-20(18)16(4)15(3)19-11-6-5-9-17(13)19/h5-12H,1-4H3/b14-13-,16-15-,17-13?,18-14?,19-15?,20-16?. The molecule has 0 atom stereocenters. The van der Waals surface area contributed by atoms with Crippen molar-refractivity contribution in [3.63, 3.8) is 0 Å². The third kappa shape index (κ3) is 1.84. The smallest absolute Gasteiger partial charge is 0.0149 e. The number of benzene rings is 2. The fourth-order valence-corrected chi connectivity index (χ4v) is 3.08. The number of hydrogen-bond donors (Lipinski definition) is 0. The van der Waals surface area contributed by atoms with Crippen LogP contribution in [0.1, 0.15) is 49.9 Å². The molecule has 0 aromatic heterocycles. The molecule has 2 aromatic carbocycles. The fourth-order valence-electron chi connectivity index (χ4n) is 3.08. The Morgan fingerprint density at radius 2 is 0.600 bits per heavy atom. The Bertz CT molecular complexity index is 615. The zero-order valence-corrected chi connectivity index (χ0v) is 12.6. The summed E-state index contributed by atoms with van der Waals surface area (Å²) in [6.45, 7) is 8.94. The molecule has 0 saturated carbocycles. The molecular formula is C20H20. The van der Waals surface area contributed by atoms with E-state index in [0.717, 1.165) is 0 Å². The highest BCUT2D eigenvalue weighted by Gasteiger charge is 2.17. The largest absolute Gasteiger partial charge is 0.0616 e. The first-order valence-corrected chi connectivity index (χ1v) is 7.15. The lowest BCUT2D eigenvalue weighted by atomic mass is 9.83. The molecule has 1 aliphatic rings. The third-order valence-corrected chi connectivity index (χ3v) is 4.60. The minimum atomic E-state index is 1.36. The summed E-state index contributed by atoms with van der Waals surface area (Å²) in [4.78, 5) is 0. The molecule has 0 fully saturated rings. The molecule has 20 heavy (non-hydrogen) atoms. The Kier molecular flexibility index (Phi) is 3.10. The van der Waals surface area contributed by atoms with Crippen LogP contribution in [0.4, 0.5) is 0 Å². The van der Waals surface area contributed by atoms with Crippen molar-refractivity contribution in [1.82, 2.24) is 0 Å². The van der Waals surface area contributed by atoms with E-state index in [4.69, 9.17) is 0 Å². The highest BCUT2D eigenvalue weighted by Crippen LogP contribution is 2.39. The highest BCUT2D eigenvalue weighted by molar-refractivity contribution is 6.02. The van der Waals surface area contributed by atoms with E-state index >= 15 is 0 Å². The summed E-state index contributed by atoms with van der Waals surface area (Å²) in [6, 6.07) is 17.5. The van der Waals surface area contributed by atoms with E-state index in [9.17, 15) is 0 Å². The molecule has 0 bridgehead atoms. The van der Waals surface area contributed by atoms with Crippen LogP contribution in [-0.4, -0.2) is 0 Å². The molecule has 1 aliphatic carbocycles. The molecule has 0 radical (unpaired) electrons. The second kappa shape index (κ2) is 4.79. The van der Waals surface area contributed by atoms with Gasteiger partial charge >= 0.3 is 0 Å². The number of hydrogen-bond acceptors (Lipinski definition) is 0. The van der Waals surface area contributed by atoms with Crippen LogP contribution < -0.4 is 0 Å². The minimum Gasteiger partial charge on any atom is -0.0616 e. The lowest BCUT2D eigenvalue weighted by Crippen LogP contribution is -2.00. The first kappa shape index (κ1) is 12.9. The van der Waals surface area contributed by atoms with Crippen LogP contribution in [0, 0.1) is 0 Å². The monoisotopic (exact) mass is 260 g/mol. The van der Waals surface area contributed by atoms with Crippen LogP contribution in [0.25, 0.3) is 22.3 Å². The van der Waals surface area contributed by atoms with E-state index in [1.54, 1.807) is 0 Å². The fraction of sp³-hybridized carbons (Fsp3) is 0.200. The van der Waals surface area contributed by atoms with Gasteiger partial charge in [-0.05, 0) is 72.2 Å². The van der Waals surface area contributed by atoms with Crippen LogP contribution in [0.3, 0.4) is 0 Å². The lowest BCUT2D eigenvalue weighted by Gasteiger charge is -2.22. The van der Waals surface area contributed by atoms with Gasteiger partial charge in [-0.25, -0.2) is 0 Å². The maximum Gasteiger partial charge on any atom is -0.0149 e. The van der Waals surface area contributed by atoms with E-state index < -0.39 is 0 Å². The van der Waals surface area contributed by atoms with Crippen molar-refractivity contribution in [2.45, 2.75) is 27.7 Å². The summed E-state index contributed by atoms with van der Waals surface area (Å²) < 4.78 is 0. The van der Waals surface area contributed by atoms with Crippen molar-refractivity contribution in [3.05, 3.63) is 70.8 Å². The zero-order valence-electron chi connectivity index (χ0n) is 12.6. The molecule has 3 rings (SSSR count). The number of fused-ring (bicyclic) bond motifs is 2. The van der Waals surface area contributed by atoms with Gasteiger partial charge in [-0.3, -0.25) is 0 Å². The van der Waals surface area contributed by atoms with Crippen LogP contribution >= 0.6 is 0 Å². The summed E-state index contributed by atoms with van der Waals surface area (Å²) in [5.74, 6) is 0. The molecule has 0 amide bonds. The zero-order chi connectivity index (χ0) is 14.3. The van der Waals surface area contributed by atoms with Gasteiger partial charge in [0.2, 0.25) is 0 Å². The lowest BCUT2D eigenvalue weighted by molar-refractivity contribution is 1.41. The number of rotatable bonds is 0. The molecule has 0 aliphatic heterocycles. The Morgan fingerprint density at radius 3 is 0.800 bits per heavy atom. The molecule has 0 heterocycles.